The molecule has 0 aliphatic rings. The van der Waals surface area contributed by atoms with Gasteiger partial charge < -0.3 is 9.88 Å². The van der Waals surface area contributed by atoms with Gasteiger partial charge in [-0.05, 0) is 58.2 Å². The van der Waals surface area contributed by atoms with Gasteiger partial charge in [0.1, 0.15) is 11.5 Å². The molecule has 0 aliphatic carbocycles. The van der Waals surface area contributed by atoms with E-state index >= 15 is 0 Å². The van der Waals surface area contributed by atoms with Crippen LogP contribution in [0, 0.1) is 6.92 Å². The fourth-order valence-electron chi connectivity index (χ4n) is 3.75. The number of allylic oxidation sites excluding steroid dienone is 2. The number of nitrogens with zero attached hydrogens (tertiary/aromatic N) is 5. The van der Waals surface area contributed by atoms with Crippen molar-refractivity contribution in [3.63, 3.8) is 0 Å². The zero-order valence-corrected chi connectivity index (χ0v) is 20.1. The van der Waals surface area contributed by atoms with Crippen LogP contribution in [-0.4, -0.2) is 39.0 Å². The molecule has 32 heavy (non-hydrogen) atoms. The average Bonchev–Trinajstić information content (AvgIpc) is 3.31. The molecule has 168 valence electrons. The molecule has 2 heterocycles. The van der Waals surface area contributed by atoms with E-state index in [4.69, 9.17) is 9.98 Å². The van der Waals surface area contributed by atoms with Crippen LogP contribution in [0.3, 0.4) is 0 Å². The van der Waals surface area contributed by atoms with Crippen molar-refractivity contribution in [1.82, 2.24) is 20.2 Å². The predicted octanol–water partition coefficient (Wildman–Crippen LogP) is 6.28. The second-order valence-corrected chi connectivity index (χ2v) is 7.76. The number of nitrogens with one attached hydrogen (secondary N) is 1. The Morgan fingerprint density at radius 2 is 1.66 bits per heavy atom. The van der Waals surface area contributed by atoms with Crippen LogP contribution in [0.4, 0.5) is 11.5 Å². The lowest BCUT2D eigenvalue weighted by Crippen LogP contribution is -2.23. The molecular weight excluding hydrogens is 396 g/mol. The number of pyridine rings is 1. The number of hydrogen-bond acceptors (Lipinski definition) is 5. The summed E-state index contributed by atoms with van der Waals surface area (Å²) < 4.78 is 0. The van der Waals surface area contributed by atoms with Gasteiger partial charge in [-0.2, -0.15) is 0 Å². The lowest BCUT2D eigenvalue weighted by Gasteiger charge is -2.20. The first kappa shape index (κ1) is 23.4. The summed E-state index contributed by atoms with van der Waals surface area (Å²) in [5.41, 5.74) is 6.08. The van der Waals surface area contributed by atoms with E-state index in [2.05, 4.69) is 60.8 Å². The largest absolute Gasteiger partial charge is 0.357 e. The second-order valence-electron chi connectivity index (χ2n) is 7.76. The Morgan fingerprint density at radius 3 is 2.25 bits per heavy atom. The molecule has 6 heteroatoms. The number of hydrogen-bond donors (Lipinski definition) is 1. The van der Waals surface area contributed by atoms with Crippen LogP contribution in [0.15, 0.2) is 58.6 Å². The van der Waals surface area contributed by atoms with Crippen LogP contribution in [0.5, 0.6) is 0 Å². The molecule has 0 saturated carbocycles. The highest BCUT2D eigenvalue weighted by Gasteiger charge is 2.18. The van der Waals surface area contributed by atoms with Crippen molar-refractivity contribution in [3.8, 4) is 11.4 Å². The molecule has 3 aromatic rings. The van der Waals surface area contributed by atoms with Crippen molar-refractivity contribution >= 4 is 17.2 Å². The maximum absolute atomic E-state index is 5.07. The molecule has 0 radical (unpaired) electrons. The van der Waals surface area contributed by atoms with Crippen LogP contribution >= 0.6 is 0 Å². The molecule has 0 amide bonds. The predicted molar refractivity (Wildman–Crippen MR) is 134 cm³/mol. The summed E-state index contributed by atoms with van der Waals surface area (Å²) in [4.78, 5) is 15.5. The number of benzene rings is 1. The molecule has 6 nitrogen and oxygen atoms in total. The highest BCUT2D eigenvalue weighted by molar-refractivity contribution is 6.12. The molecule has 0 aliphatic heterocycles. The minimum absolute atomic E-state index is 0.681. The first-order chi connectivity index (χ1) is 15.5. The standard InChI is InChI=1S/C26H34N6/c1-7-18(5)21(8-2)24(26-29-25(30-31-26)20-14-12-11-13-15-20)28-22-16-17-23(27-19(22)6)32(9-3)10-4/h11-17H,7-10H2,1-6H3,(H,29,30,31)/b21-18-,28-24+. The van der Waals surface area contributed by atoms with E-state index in [0.29, 0.717) is 5.82 Å². The van der Waals surface area contributed by atoms with Crippen LogP contribution in [0.1, 0.15) is 59.0 Å². The van der Waals surface area contributed by atoms with Gasteiger partial charge in [-0.25, -0.2) is 9.98 Å². The third-order valence-electron chi connectivity index (χ3n) is 5.81. The molecule has 1 N–H and O–H groups in total. The average molecular weight is 431 g/mol. The van der Waals surface area contributed by atoms with Crippen LogP contribution < -0.4 is 4.90 Å². The van der Waals surface area contributed by atoms with E-state index in [-0.39, 0.29) is 0 Å². The SMILES string of the molecule is CC/C(C)=C(CC)\C(=N/c1ccc(N(CC)CC)nc1C)c1nnc(-c2ccccc2)[nH]1. The van der Waals surface area contributed by atoms with Gasteiger partial charge >= 0.3 is 0 Å². The minimum atomic E-state index is 0.681. The third kappa shape index (κ3) is 5.13. The highest BCUT2D eigenvalue weighted by Crippen LogP contribution is 2.26. The summed E-state index contributed by atoms with van der Waals surface area (Å²) >= 11 is 0. The number of aromatic nitrogens is 4. The van der Waals surface area contributed by atoms with E-state index < -0.39 is 0 Å². The van der Waals surface area contributed by atoms with Crippen molar-refractivity contribution in [2.24, 2.45) is 4.99 Å². The highest BCUT2D eigenvalue weighted by atomic mass is 15.2. The Hall–Kier alpha value is -3.28. The van der Waals surface area contributed by atoms with Gasteiger partial charge in [0.2, 0.25) is 0 Å². The maximum Gasteiger partial charge on any atom is 0.180 e. The van der Waals surface area contributed by atoms with Crippen LogP contribution in [-0.2, 0) is 0 Å². The summed E-state index contributed by atoms with van der Waals surface area (Å²) in [6.45, 7) is 14.6. The molecule has 1 aromatic carbocycles. The zero-order valence-electron chi connectivity index (χ0n) is 20.1. The number of aryl methyl sites for hydroxylation is 1. The van der Waals surface area contributed by atoms with Crippen molar-refractivity contribution in [2.75, 3.05) is 18.0 Å². The van der Waals surface area contributed by atoms with Crippen molar-refractivity contribution < 1.29 is 0 Å². The Balaban J connectivity index is 2.11. The number of aliphatic imine (C=N–C) groups is 1. The Morgan fingerprint density at radius 1 is 0.938 bits per heavy atom. The Bertz CT molecular complexity index is 1090. The van der Waals surface area contributed by atoms with E-state index in [9.17, 15) is 0 Å². The zero-order chi connectivity index (χ0) is 23.1. The second kappa shape index (κ2) is 10.8. The van der Waals surface area contributed by atoms with Crippen molar-refractivity contribution in [2.45, 2.75) is 54.4 Å². The Labute approximate surface area is 191 Å². The molecular formula is C26H34N6. The molecule has 0 atom stereocenters. The maximum atomic E-state index is 5.07. The van der Waals surface area contributed by atoms with Gasteiger partial charge in [-0.1, -0.05) is 49.8 Å². The van der Waals surface area contributed by atoms with Gasteiger partial charge in [0.25, 0.3) is 0 Å². The van der Waals surface area contributed by atoms with Crippen molar-refractivity contribution in [3.05, 3.63) is 65.1 Å². The monoisotopic (exact) mass is 430 g/mol. The third-order valence-corrected chi connectivity index (χ3v) is 5.81. The smallest absolute Gasteiger partial charge is 0.180 e. The van der Waals surface area contributed by atoms with Gasteiger partial charge in [0.15, 0.2) is 11.6 Å². The molecule has 3 rings (SSSR count). The number of H-pyrrole nitrogens is 1. The molecule has 0 bridgehead atoms. The van der Waals surface area contributed by atoms with Crippen LogP contribution in [0.25, 0.3) is 11.4 Å². The fourth-order valence-corrected chi connectivity index (χ4v) is 3.75. The summed E-state index contributed by atoms with van der Waals surface area (Å²) in [6.07, 6.45) is 1.82. The van der Waals surface area contributed by atoms with Gasteiger partial charge in [0.05, 0.1) is 11.4 Å². The van der Waals surface area contributed by atoms with E-state index in [1.807, 2.05) is 43.3 Å². The molecule has 0 saturated heterocycles. The van der Waals surface area contributed by atoms with Crippen molar-refractivity contribution in [1.29, 1.82) is 0 Å². The normalized spacial score (nSPS) is 12.6. The molecule has 0 unspecified atom stereocenters. The first-order valence-electron chi connectivity index (χ1n) is 11.5. The molecule has 0 fully saturated rings. The van der Waals surface area contributed by atoms with E-state index in [1.54, 1.807) is 0 Å². The van der Waals surface area contributed by atoms with Gasteiger partial charge in [-0.15, -0.1) is 10.2 Å². The summed E-state index contributed by atoms with van der Waals surface area (Å²) in [6, 6.07) is 14.1. The summed E-state index contributed by atoms with van der Waals surface area (Å²) in [7, 11) is 0. The number of aromatic amines is 1. The summed E-state index contributed by atoms with van der Waals surface area (Å²) in [5, 5.41) is 8.88. The number of rotatable bonds is 9. The van der Waals surface area contributed by atoms with E-state index in [1.165, 1.54) is 11.1 Å². The molecule has 0 spiro atoms. The van der Waals surface area contributed by atoms with Crippen LogP contribution in [0.2, 0.25) is 0 Å². The lowest BCUT2D eigenvalue weighted by molar-refractivity contribution is 0.842. The van der Waals surface area contributed by atoms with E-state index in [0.717, 1.165) is 60.2 Å². The number of anilines is 1. The quantitative estimate of drug-likeness (QED) is 0.406. The first-order valence-corrected chi connectivity index (χ1v) is 11.5. The lowest BCUT2D eigenvalue weighted by atomic mass is 9.99. The van der Waals surface area contributed by atoms with Gasteiger partial charge in [-0.3, -0.25) is 0 Å². The minimum Gasteiger partial charge on any atom is -0.357 e. The van der Waals surface area contributed by atoms with Gasteiger partial charge in [0, 0.05) is 18.7 Å². The fraction of sp³-hybridized carbons (Fsp3) is 0.385. The summed E-state index contributed by atoms with van der Waals surface area (Å²) in [5.74, 6) is 2.40. The molecule has 2 aromatic heterocycles. The topological polar surface area (TPSA) is 70.1 Å². The Kier molecular flexibility index (Phi) is 7.92.